The quantitative estimate of drug-likeness (QED) is 0.492. The van der Waals surface area contributed by atoms with E-state index in [1.54, 1.807) is 43.2 Å². The molecule has 0 unspecified atom stereocenters. The zero-order chi connectivity index (χ0) is 20.5. The summed E-state index contributed by atoms with van der Waals surface area (Å²) < 4.78 is 0. The van der Waals surface area contributed by atoms with Crippen LogP contribution in [0.25, 0.3) is 17.2 Å². The van der Waals surface area contributed by atoms with E-state index in [1.807, 2.05) is 0 Å². The van der Waals surface area contributed by atoms with E-state index in [-0.39, 0.29) is 5.41 Å². The molecule has 4 fully saturated rings. The Balaban J connectivity index is 1.26. The standard InChI is InChI=1S/C30H36/c1-30(2,3)26-9-7-22(8-10-26)27-6-4-5-23-12-21(18-29(23)27)17-28-24-13-19-11-20(15-24)16-25(28)14-19/h4-10,18-20,24-25,28H,11-17H2,1-3H3. The lowest BCUT2D eigenvalue weighted by Gasteiger charge is -2.54. The number of hydrogen-bond donors (Lipinski definition) is 0. The van der Waals surface area contributed by atoms with Crippen molar-refractivity contribution in [3.05, 3.63) is 64.7 Å². The molecule has 0 aliphatic heterocycles. The first-order valence-electron chi connectivity index (χ1n) is 12.4. The number of hydrogen-bond acceptors (Lipinski definition) is 0. The maximum atomic E-state index is 2.58. The van der Waals surface area contributed by atoms with Gasteiger partial charge in [0.1, 0.15) is 0 Å². The molecule has 4 bridgehead atoms. The van der Waals surface area contributed by atoms with Gasteiger partial charge in [0.15, 0.2) is 0 Å². The van der Waals surface area contributed by atoms with Crippen LogP contribution in [0.15, 0.2) is 48.0 Å². The summed E-state index contributed by atoms with van der Waals surface area (Å²) in [6.45, 7) is 6.88. The maximum Gasteiger partial charge on any atom is -0.00575 e. The van der Waals surface area contributed by atoms with Crippen LogP contribution in [0, 0.1) is 29.6 Å². The van der Waals surface area contributed by atoms with Crippen molar-refractivity contribution in [2.75, 3.05) is 0 Å². The lowest BCUT2D eigenvalue weighted by atomic mass is 9.51. The summed E-state index contributed by atoms with van der Waals surface area (Å²) in [5.41, 5.74) is 9.17. The molecule has 0 radical (unpaired) electrons. The third-order valence-corrected chi connectivity index (χ3v) is 8.94. The molecule has 0 amide bonds. The average Bonchev–Trinajstić information content (AvgIpc) is 3.12. The third-order valence-electron chi connectivity index (χ3n) is 8.94. The number of fused-ring (bicyclic) bond motifs is 1. The molecular weight excluding hydrogens is 360 g/mol. The van der Waals surface area contributed by atoms with E-state index in [1.165, 1.54) is 35.1 Å². The van der Waals surface area contributed by atoms with Crippen LogP contribution in [0.2, 0.25) is 0 Å². The Bertz CT molecular complexity index is 954. The minimum absolute atomic E-state index is 0.211. The summed E-state index contributed by atoms with van der Waals surface area (Å²) in [6.07, 6.45) is 12.9. The van der Waals surface area contributed by atoms with Crippen molar-refractivity contribution in [3.8, 4) is 11.1 Å². The molecule has 0 heteroatoms. The fraction of sp³-hybridized carbons (Fsp3) is 0.533. The summed E-state index contributed by atoms with van der Waals surface area (Å²) in [4.78, 5) is 0. The Morgan fingerprint density at radius 1 is 0.800 bits per heavy atom. The van der Waals surface area contributed by atoms with Crippen molar-refractivity contribution in [2.45, 2.75) is 71.1 Å². The zero-order valence-corrected chi connectivity index (χ0v) is 19.0. The molecule has 0 saturated heterocycles. The van der Waals surface area contributed by atoms with Gasteiger partial charge in [0.25, 0.3) is 0 Å². The van der Waals surface area contributed by atoms with Crippen LogP contribution in [-0.2, 0) is 11.8 Å². The molecule has 5 aliphatic carbocycles. The number of rotatable bonds is 3. The van der Waals surface area contributed by atoms with Crippen molar-refractivity contribution in [2.24, 2.45) is 29.6 Å². The monoisotopic (exact) mass is 396 g/mol. The second-order valence-electron chi connectivity index (χ2n) is 12.0. The van der Waals surface area contributed by atoms with Gasteiger partial charge in [-0.15, -0.1) is 0 Å². The van der Waals surface area contributed by atoms with Crippen LogP contribution < -0.4 is 0 Å². The molecule has 5 aliphatic rings. The normalized spacial score (nSPS) is 31.7. The Labute approximate surface area is 182 Å². The first kappa shape index (κ1) is 18.9. The highest BCUT2D eigenvalue weighted by atomic mass is 14.5. The largest absolute Gasteiger partial charge is 0.0649 e. The van der Waals surface area contributed by atoms with Gasteiger partial charge in [-0.05, 0) is 108 Å². The van der Waals surface area contributed by atoms with Crippen LogP contribution in [-0.4, -0.2) is 0 Å². The van der Waals surface area contributed by atoms with Crippen LogP contribution in [0.3, 0.4) is 0 Å². The van der Waals surface area contributed by atoms with Gasteiger partial charge in [0.05, 0.1) is 0 Å². The minimum atomic E-state index is 0.211. The summed E-state index contributed by atoms with van der Waals surface area (Å²) in [6, 6.07) is 16.3. The highest BCUT2D eigenvalue weighted by Crippen LogP contribution is 2.58. The van der Waals surface area contributed by atoms with Gasteiger partial charge in [0, 0.05) is 0 Å². The van der Waals surface area contributed by atoms with Gasteiger partial charge in [-0.3, -0.25) is 0 Å². The molecule has 156 valence electrons. The topological polar surface area (TPSA) is 0 Å². The van der Waals surface area contributed by atoms with E-state index in [2.05, 4.69) is 69.3 Å². The Kier molecular flexibility index (Phi) is 4.31. The lowest BCUT2D eigenvalue weighted by Crippen LogP contribution is -2.45. The molecule has 2 aromatic carbocycles. The smallest absolute Gasteiger partial charge is 0.00575 e. The Morgan fingerprint density at radius 3 is 2.10 bits per heavy atom. The Hall–Kier alpha value is -1.82. The average molecular weight is 397 g/mol. The van der Waals surface area contributed by atoms with E-state index in [0.29, 0.717) is 0 Å². The molecule has 30 heavy (non-hydrogen) atoms. The summed E-state index contributed by atoms with van der Waals surface area (Å²) in [5.74, 6) is 5.22. The summed E-state index contributed by atoms with van der Waals surface area (Å²) in [5, 5.41) is 0. The van der Waals surface area contributed by atoms with E-state index in [0.717, 1.165) is 29.6 Å². The minimum Gasteiger partial charge on any atom is -0.0649 e. The van der Waals surface area contributed by atoms with Crippen molar-refractivity contribution in [1.29, 1.82) is 0 Å². The highest BCUT2D eigenvalue weighted by molar-refractivity contribution is 5.80. The molecule has 2 aromatic rings. The second kappa shape index (κ2) is 6.84. The number of benzene rings is 2. The van der Waals surface area contributed by atoms with Crippen molar-refractivity contribution in [3.63, 3.8) is 0 Å². The Morgan fingerprint density at radius 2 is 1.47 bits per heavy atom. The van der Waals surface area contributed by atoms with Crippen LogP contribution in [0.5, 0.6) is 0 Å². The van der Waals surface area contributed by atoms with E-state index >= 15 is 0 Å². The predicted octanol–water partition coefficient (Wildman–Crippen LogP) is 8.05. The number of allylic oxidation sites excluding steroid dienone is 1. The molecule has 4 saturated carbocycles. The van der Waals surface area contributed by atoms with Crippen LogP contribution in [0.1, 0.15) is 76.0 Å². The van der Waals surface area contributed by atoms with Gasteiger partial charge in [0.2, 0.25) is 0 Å². The van der Waals surface area contributed by atoms with Gasteiger partial charge in [-0.25, -0.2) is 0 Å². The lowest BCUT2D eigenvalue weighted by molar-refractivity contribution is -0.0360. The fourth-order valence-electron chi connectivity index (χ4n) is 7.64. The molecule has 0 heterocycles. The third kappa shape index (κ3) is 3.19. The van der Waals surface area contributed by atoms with E-state index in [9.17, 15) is 0 Å². The van der Waals surface area contributed by atoms with Crippen molar-refractivity contribution < 1.29 is 0 Å². The van der Waals surface area contributed by atoms with E-state index in [4.69, 9.17) is 0 Å². The van der Waals surface area contributed by atoms with Gasteiger partial charge < -0.3 is 0 Å². The molecule has 0 atom stereocenters. The van der Waals surface area contributed by atoms with Crippen LogP contribution >= 0.6 is 0 Å². The first-order valence-corrected chi connectivity index (χ1v) is 12.4. The molecule has 0 N–H and O–H groups in total. The van der Waals surface area contributed by atoms with Gasteiger partial charge in [-0.1, -0.05) is 74.9 Å². The van der Waals surface area contributed by atoms with Crippen molar-refractivity contribution in [1.82, 2.24) is 0 Å². The van der Waals surface area contributed by atoms with Crippen LogP contribution in [0.4, 0.5) is 0 Å². The highest BCUT2D eigenvalue weighted by Gasteiger charge is 2.48. The predicted molar refractivity (Wildman–Crippen MR) is 127 cm³/mol. The summed E-state index contributed by atoms with van der Waals surface area (Å²) >= 11 is 0. The molecule has 7 rings (SSSR count). The van der Waals surface area contributed by atoms with E-state index < -0.39 is 0 Å². The molecular formula is C30H36. The molecule has 0 nitrogen and oxygen atoms in total. The molecule has 0 spiro atoms. The zero-order valence-electron chi connectivity index (χ0n) is 19.0. The summed E-state index contributed by atoms with van der Waals surface area (Å²) in [7, 11) is 0. The van der Waals surface area contributed by atoms with Crippen molar-refractivity contribution >= 4 is 6.08 Å². The van der Waals surface area contributed by atoms with Gasteiger partial charge >= 0.3 is 0 Å². The fourth-order valence-corrected chi connectivity index (χ4v) is 7.64. The second-order valence-corrected chi connectivity index (χ2v) is 12.0. The van der Waals surface area contributed by atoms with Gasteiger partial charge in [-0.2, -0.15) is 0 Å². The molecule has 0 aromatic heterocycles. The maximum absolute atomic E-state index is 2.58. The SMILES string of the molecule is CC(C)(C)c1ccc(-c2cccc3c2C=C(CC2C4CC5CC(C4)CC2C5)C3)cc1. The first-order chi connectivity index (χ1) is 14.4.